The molecule has 0 saturated carbocycles. The van der Waals surface area contributed by atoms with Crippen LogP contribution >= 0.6 is 23.4 Å². The van der Waals surface area contributed by atoms with E-state index in [1.165, 1.54) is 11.8 Å². The van der Waals surface area contributed by atoms with Crippen LogP contribution in [0.15, 0.2) is 59.8 Å². The molecule has 0 fully saturated rings. The maximum Gasteiger partial charge on any atom is 0.230 e. The largest absolute Gasteiger partial charge is 0.349 e. The number of nitrogens with zero attached hydrogens (tertiary/aromatic N) is 3. The Bertz CT molecular complexity index is 880. The smallest absolute Gasteiger partial charge is 0.230 e. The molecular formula is C19H19ClN4OS. The number of hydrogen-bond donors (Lipinski definition) is 1. The standard InChI is InChI=1S/C19H19ClN4OS/c1-13(14-6-4-3-5-7-14)21-17(25)12-26-19-23-22-18(24(19)2)15-8-10-16(20)11-9-15/h3-11,13H,12H2,1-2H3,(H,21,25)/t13-/m1/s1. The van der Waals surface area contributed by atoms with Gasteiger partial charge in [0.1, 0.15) is 0 Å². The summed E-state index contributed by atoms with van der Waals surface area (Å²) in [5.74, 6) is 0.980. The summed E-state index contributed by atoms with van der Waals surface area (Å²) in [5, 5.41) is 12.8. The normalized spacial score (nSPS) is 12.0. The quantitative estimate of drug-likeness (QED) is 0.648. The van der Waals surface area contributed by atoms with Crippen LogP contribution in [0.4, 0.5) is 0 Å². The predicted octanol–water partition coefficient (Wildman–Crippen LogP) is 4.11. The monoisotopic (exact) mass is 386 g/mol. The summed E-state index contributed by atoms with van der Waals surface area (Å²) < 4.78 is 1.88. The number of thioether (sulfide) groups is 1. The van der Waals surface area contributed by atoms with Crippen molar-refractivity contribution >= 4 is 29.3 Å². The fourth-order valence-corrected chi connectivity index (χ4v) is 3.38. The van der Waals surface area contributed by atoms with Gasteiger partial charge in [-0.25, -0.2) is 0 Å². The molecular weight excluding hydrogens is 368 g/mol. The van der Waals surface area contributed by atoms with Gasteiger partial charge in [0.2, 0.25) is 5.91 Å². The minimum atomic E-state index is -0.0394. The highest BCUT2D eigenvalue weighted by molar-refractivity contribution is 7.99. The molecule has 5 nitrogen and oxygen atoms in total. The molecule has 1 amide bonds. The molecule has 134 valence electrons. The van der Waals surface area contributed by atoms with E-state index in [0.29, 0.717) is 10.2 Å². The SMILES string of the molecule is C[C@@H](NC(=O)CSc1nnc(-c2ccc(Cl)cc2)n1C)c1ccccc1. The molecule has 26 heavy (non-hydrogen) atoms. The van der Waals surface area contributed by atoms with Gasteiger partial charge in [-0.2, -0.15) is 0 Å². The van der Waals surface area contributed by atoms with E-state index >= 15 is 0 Å². The molecule has 3 aromatic rings. The highest BCUT2D eigenvalue weighted by Crippen LogP contribution is 2.24. The van der Waals surface area contributed by atoms with Gasteiger partial charge in [0.15, 0.2) is 11.0 Å². The zero-order valence-corrected chi connectivity index (χ0v) is 16.1. The van der Waals surface area contributed by atoms with Crippen LogP contribution < -0.4 is 5.32 Å². The van der Waals surface area contributed by atoms with Gasteiger partial charge in [-0.15, -0.1) is 10.2 Å². The number of carbonyl (C=O) groups excluding carboxylic acids is 1. The van der Waals surface area contributed by atoms with Crippen molar-refractivity contribution in [1.29, 1.82) is 0 Å². The second kappa shape index (κ2) is 8.38. The molecule has 0 bridgehead atoms. The van der Waals surface area contributed by atoms with Crippen molar-refractivity contribution in [3.63, 3.8) is 0 Å². The molecule has 1 aromatic heterocycles. The van der Waals surface area contributed by atoms with Crippen LogP contribution in [0.2, 0.25) is 5.02 Å². The van der Waals surface area contributed by atoms with Crippen molar-refractivity contribution in [2.75, 3.05) is 5.75 Å². The Labute approximate surface area is 161 Å². The third-order valence-corrected chi connectivity index (χ3v) is 5.22. The van der Waals surface area contributed by atoms with Crippen LogP contribution in [0, 0.1) is 0 Å². The maximum atomic E-state index is 12.2. The van der Waals surface area contributed by atoms with E-state index in [4.69, 9.17) is 11.6 Å². The Kier molecular flexibility index (Phi) is 5.96. The van der Waals surface area contributed by atoms with Gasteiger partial charge >= 0.3 is 0 Å². The van der Waals surface area contributed by atoms with E-state index < -0.39 is 0 Å². The number of benzene rings is 2. The number of nitrogens with one attached hydrogen (secondary N) is 1. The highest BCUT2D eigenvalue weighted by atomic mass is 35.5. The summed E-state index contributed by atoms with van der Waals surface area (Å²) in [6, 6.07) is 17.3. The minimum absolute atomic E-state index is 0.0339. The molecule has 1 atom stereocenters. The van der Waals surface area contributed by atoms with Gasteiger partial charge in [-0.3, -0.25) is 4.79 Å². The topological polar surface area (TPSA) is 59.8 Å². The maximum absolute atomic E-state index is 12.2. The Morgan fingerprint density at radius 2 is 1.85 bits per heavy atom. The van der Waals surface area contributed by atoms with Crippen LogP contribution in [0.3, 0.4) is 0 Å². The van der Waals surface area contributed by atoms with E-state index in [9.17, 15) is 4.79 Å². The first-order chi connectivity index (χ1) is 12.5. The zero-order chi connectivity index (χ0) is 18.5. The third kappa shape index (κ3) is 4.45. The second-order valence-corrected chi connectivity index (χ2v) is 7.24. The van der Waals surface area contributed by atoms with Crippen molar-refractivity contribution in [3.05, 3.63) is 65.2 Å². The van der Waals surface area contributed by atoms with Gasteiger partial charge in [-0.05, 0) is 36.8 Å². The Hall–Kier alpha value is -2.31. The van der Waals surface area contributed by atoms with Gasteiger partial charge in [0.05, 0.1) is 11.8 Å². The molecule has 0 aliphatic heterocycles. The Balaban J connectivity index is 1.60. The lowest BCUT2D eigenvalue weighted by Crippen LogP contribution is -2.28. The fourth-order valence-electron chi connectivity index (χ4n) is 2.53. The fraction of sp³-hybridized carbons (Fsp3) is 0.211. The molecule has 0 unspecified atom stereocenters. The molecule has 1 heterocycles. The van der Waals surface area contributed by atoms with Gasteiger partial charge in [0.25, 0.3) is 0 Å². The van der Waals surface area contributed by atoms with E-state index in [1.54, 1.807) is 0 Å². The summed E-state index contributed by atoms with van der Waals surface area (Å²) in [5.41, 5.74) is 2.01. The van der Waals surface area contributed by atoms with E-state index in [0.717, 1.165) is 17.0 Å². The third-order valence-electron chi connectivity index (χ3n) is 3.95. The van der Waals surface area contributed by atoms with Gasteiger partial charge < -0.3 is 9.88 Å². The summed E-state index contributed by atoms with van der Waals surface area (Å²) in [6.07, 6.45) is 0. The van der Waals surface area contributed by atoms with Crippen LogP contribution in [-0.2, 0) is 11.8 Å². The molecule has 2 aromatic carbocycles. The molecule has 0 saturated heterocycles. The molecule has 0 aliphatic carbocycles. The average molecular weight is 387 g/mol. The average Bonchev–Trinajstić information content (AvgIpc) is 3.02. The number of hydrogen-bond acceptors (Lipinski definition) is 4. The Morgan fingerprint density at radius 3 is 2.54 bits per heavy atom. The van der Waals surface area contributed by atoms with E-state index in [-0.39, 0.29) is 17.7 Å². The van der Waals surface area contributed by atoms with Crippen molar-refractivity contribution < 1.29 is 4.79 Å². The molecule has 0 spiro atoms. The Morgan fingerprint density at radius 1 is 1.15 bits per heavy atom. The second-order valence-electron chi connectivity index (χ2n) is 5.86. The van der Waals surface area contributed by atoms with Gasteiger partial charge in [0, 0.05) is 17.6 Å². The molecule has 3 rings (SSSR count). The lowest BCUT2D eigenvalue weighted by atomic mass is 10.1. The first kappa shape index (κ1) is 18.5. The van der Waals surface area contributed by atoms with E-state index in [2.05, 4.69) is 15.5 Å². The highest BCUT2D eigenvalue weighted by Gasteiger charge is 2.14. The molecule has 0 aliphatic rings. The molecule has 1 N–H and O–H groups in total. The number of carbonyl (C=O) groups is 1. The first-order valence-electron chi connectivity index (χ1n) is 8.17. The van der Waals surface area contributed by atoms with Crippen molar-refractivity contribution in [2.24, 2.45) is 7.05 Å². The lowest BCUT2D eigenvalue weighted by Gasteiger charge is -2.13. The zero-order valence-electron chi connectivity index (χ0n) is 14.5. The van der Waals surface area contributed by atoms with Crippen LogP contribution in [0.1, 0.15) is 18.5 Å². The summed E-state index contributed by atoms with van der Waals surface area (Å²) in [7, 11) is 1.89. The van der Waals surface area contributed by atoms with Crippen LogP contribution in [0.25, 0.3) is 11.4 Å². The number of aromatic nitrogens is 3. The van der Waals surface area contributed by atoms with Crippen molar-refractivity contribution in [3.8, 4) is 11.4 Å². The number of halogens is 1. The summed E-state index contributed by atoms with van der Waals surface area (Å²) >= 11 is 7.29. The number of rotatable bonds is 6. The predicted molar refractivity (Wildman–Crippen MR) is 105 cm³/mol. The minimum Gasteiger partial charge on any atom is -0.349 e. The van der Waals surface area contributed by atoms with Crippen molar-refractivity contribution in [2.45, 2.75) is 18.1 Å². The van der Waals surface area contributed by atoms with Crippen LogP contribution in [0.5, 0.6) is 0 Å². The molecule has 7 heteroatoms. The number of amides is 1. The lowest BCUT2D eigenvalue weighted by molar-refractivity contribution is -0.119. The summed E-state index contributed by atoms with van der Waals surface area (Å²) in [4.78, 5) is 12.2. The molecule has 0 radical (unpaired) electrons. The van der Waals surface area contributed by atoms with Gasteiger partial charge in [-0.1, -0.05) is 53.7 Å². The summed E-state index contributed by atoms with van der Waals surface area (Å²) in [6.45, 7) is 1.97. The van der Waals surface area contributed by atoms with Crippen LogP contribution in [-0.4, -0.2) is 26.4 Å². The van der Waals surface area contributed by atoms with E-state index in [1.807, 2.05) is 73.1 Å². The van der Waals surface area contributed by atoms with Crippen molar-refractivity contribution in [1.82, 2.24) is 20.1 Å². The first-order valence-corrected chi connectivity index (χ1v) is 9.53.